The summed E-state index contributed by atoms with van der Waals surface area (Å²) < 4.78 is 0.992. The van der Waals surface area contributed by atoms with E-state index >= 15 is 0 Å². The van der Waals surface area contributed by atoms with E-state index in [0.717, 1.165) is 23.1 Å². The van der Waals surface area contributed by atoms with Gasteiger partial charge in [-0.25, -0.2) is 0 Å². The summed E-state index contributed by atoms with van der Waals surface area (Å²) in [6.07, 6.45) is 2.58. The van der Waals surface area contributed by atoms with Crippen LogP contribution in [0.4, 0.5) is 0 Å². The van der Waals surface area contributed by atoms with Gasteiger partial charge in [-0.2, -0.15) is 0 Å². The molecule has 0 atom stereocenters. The Bertz CT molecular complexity index is 377. The molecule has 0 unspecified atom stereocenters. The maximum Gasteiger partial charge on any atom is 0.251 e. The summed E-state index contributed by atoms with van der Waals surface area (Å²) in [4.78, 5) is 14.2. The Labute approximate surface area is 122 Å². The van der Waals surface area contributed by atoms with Crippen molar-refractivity contribution in [1.29, 1.82) is 0 Å². The number of benzene rings is 1. The van der Waals surface area contributed by atoms with Crippen LogP contribution in [0.1, 0.15) is 23.2 Å². The number of carbonyl (C=O) groups is 1. The maximum absolute atomic E-state index is 11.8. The molecule has 1 amide bonds. The van der Waals surface area contributed by atoms with Crippen molar-refractivity contribution in [1.82, 2.24) is 10.2 Å². The van der Waals surface area contributed by atoms with Crippen molar-refractivity contribution in [3.63, 3.8) is 0 Å². The molecule has 0 saturated carbocycles. The smallest absolute Gasteiger partial charge is 0.251 e. The van der Waals surface area contributed by atoms with Gasteiger partial charge in [0, 0.05) is 23.1 Å². The van der Waals surface area contributed by atoms with Crippen molar-refractivity contribution < 1.29 is 4.79 Å². The fourth-order valence-corrected chi connectivity index (χ4v) is 2.30. The fraction of sp³-hybridized carbons (Fsp3) is 0.462. The van der Waals surface area contributed by atoms with Crippen molar-refractivity contribution in [2.75, 3.05) is 26.2 Å². The van der Waals surface area contributed by atoms with E-state index in [9.17, 15) is 4.79 Å². The van der Waals surface area contributed by atoms with Crippen molar-refractivity contribution >= 4 is 34.2 Å². The van der Waals surface area contributed by atoms with Crippen molar-refractivity contribution in [3.8, 4) is 0 Å². The summed E-state index contributed by atoms with van der Waals surface area (Å²) in [6.45, 7) is 4.04. The van der Waals surface area contributed by atoms with Crippen LogP contribution in [0.3, 0.4) is 0 Å². The van der Waals surface area contributed by atoms with Crippen LogP contribution in [0, 0.1) is 0 Å². The molecule has 1 heterocycles. The molecule has 1 aliphatic rings. The molecule has 1 aliphatic heterocycles. The highest BCUT2D eigenvalue weighted by atomic mass is 79.9. The minimum Gasteiger partial charge on any atom is -0.351 e. The van der Waals surface area contributed by atoms with Crippen LogP contribution in [-0.4, -0.2) is 37.0 Å². The molecule has 0 radical (unpaired) electrons. The number of rotatable bonds is 4. The molecule has 0 bridgehead atoms. The Morgan fingerprint density at radius 1 is 1.22 bits per heavy atom. The van der Waals surface area contributed by atoms with Crippen LogP contribution in [-0.2, 0) is 0 Å². The first-order valence-electron chi connectivity index (χ1n) is 6.02. The quantitative estimate of drug-likeness (QED) is 0.919. The monoisotopic (exact) mass is 332 g/mol. The highest BCUT2D eigenvalue weighted by Crippen LogP contribution is 2.10. The van der Waals surface area contributed by atoms with Crippen LogP contribution < -0.4 is 5.32 Å². The van der Waals surface area contributed by atoms with Gasteiger partial charge >= 0.3 is 0 Å². The van der Waals surface area contributed by atoms with Gasteiger partial charge in [-0.15, -0.1) is 12.4 Å². The zero-order valence-electron chi connectivity index (χ0n) is 10.2. The van der Waals surface area contributed by atoms with Gasteiger partial charge in [0.2, 0.25) is 0 Å². The van der Waals surface area contributed by atoms with E-state index in [1.807, 2.05) is 24.3 Å². The van der Waals surface area contributed by atoms with Gasteiger partial charge in [-0.3, -0.25) is 4.79 Å². The van der Waals surface area contributed by atoms with E-state index in [1.54, 1.807) is 0 Å². The molecule has 0 spiro atoms. The number of halogens is 2. The predicted molar refractivity (Wildman–Crippen MR) is 79.4 cm³/mol. The average Bonchev–Trinajstić information content (AvgIpc) is 2.83. The number of carbonyl (C=O) groups excluding carboxylic acids is 1. The molecule has 100 valence electrons. The minimum atomic E-state index is 0. The molecule has 1 N–H and O–H groups in total. The topological polar surface area (TPSA) is 32.3 Å². The van der Waals surface area contributed by atoms with E-state index in [2.05, 4.69) is 26.1 Å². The first-order chi connectivity index (χ1) is 8.25. The maximum atomic E-state index is 11.8. The lowest BCUT2D eigenvalue weighted by molar-refractivity contribution is 0.0950. The molecule has 1 aromatic carbocycles. The van der Waals surface area contributed by atoms with Crippen molar-refractivity contribution in [2.45, 2.75) is 12.8 Å². The summed E-state index contributed by atoms with van der Waals surface area (Å²) in [5.74, 6) is 0.0108. The molecule has 0 aromatic heterocycles. The zero-order valence-corrected chi connectivity index (χ0v) is 12.6. The number of hydrogen-bond acceptors (Lipinski definition) is 2. The van der Waals surface area contributed by atoms with E-state index in [4.69, 9.17) is 0 Å². The van der Waals surface area contributed by atoms with E-state index < -0.39 is 0 Å². The van der Waals surface area contributed by atoms with Gasteiger partial charge < -0.3 is 10.2 Å². The number of amides is 1. The highest BCUT2D eigenvalue weighted by molar-refractivity contribution is 9.10. The Hall–Kier alpha value is -0.580. The minimum absolute atomic E-state index is 0. The Morgan fingerprint density at radius 2 is 1.83 bits per heavy atom. The predicted octanol–water partition coefficient (Wildman–Crippen LogP) is 2.70. The molecule has 1 aromatic rings. The van der Waals surface area contributed by atoms with Gasteiger partial charge in [-0.05, 0) is 50.2 Å². The molecule has 18 heavy (non-hydrogen) atoms. The lowest BCUT2D eigenvalue weighted by Crippen LogP contribution is -2.33. The Balaban J connectivity index is 0.00000162. The number of likely N-dealkylation sites (tertiary alicyclic amines) is 1. The van der Waals surface area contributed by atoms with Crippen LogP contribution in [0.5, 0.6) is 0 Å². The summed E-state index contributed by atoms with van der Waals surface area (Å²) in [5.41, 5.74) is 0.717. The number of nitrogens with one attached hydrogen (secondary N) is 1. The first kappa shape index (κ1) is 15.5. The SMILES string of the molecule is Cl.O=C(NCCN1CCCC1)c1ccc(Br)cc1. The number of nitrogens with zero attached hydrogens (tertiary/aromatic N) is 1. The first-order valence-corrected chi connectivity index (χ1v) is 6.81. The lowest BCUT2D eigenvalue weighted by atomic mass is 10.2. The second-order valence-corrected chi connectivity index (χ2v) is 5.23. The van der Waals surface area contributed by atoms with Crippen molar-refractivity contribution in [3.05, 3.63) is 34.3 Å². The average molecular weight is 334 g/mol. The molecule has 3 nitrogen and oxygen atoms in total. The Morgan fingerprint density at radius 3 is 2.44 bits per heavy atom. The Kier molecular flexibility index (Phi) is 6.68. The summed E-state index contributed by atoms with van der Waals surface area (Å²) in [7, 11) is 0. The third-order valence-electron chi connectivity index (χ3n) is 3.02. The molecule has 2 rings (SSSR count). The van der Waals surface area contributed by atoms with E-state index in [0.29, 0.717) is 0 Å². The van der Waals surface area contributed by atoms with Crippen LogP contribution in [0.15, 0.2) is 28.7 Å². The van der Waals surface area contributed by atoms with Crippen LogP contribution >= 0.6 is 28.3 Å². The molecular formula is C13H18BrClN2O. The summed E-state index contributed by atoms with van der Waals surface area (Å²) in [5, 5.41) is 2.95. The van der Waals surface area contributed by atoms with Gasteiger partial charge in [-0.1, -0.05) is 15.9 Å². The van der Waals surface area contributed by atoms with Gasteiger partial charge in [0.15, 0.2) is 0 Å². The summed E-state index contributed by atoms with van der Waals surface area (Å²) in [6, 6.07) is 7.43. The third kappa shape index (κ3) is 4.59. The molecule has 1 saturated heterocycles. The van der Waals surface area contributed by atoms with E-state index in [1.165, 1.54) is 25.9 Å². The van der Waals surface area contributed by atoms with Gasteiger partial charge in [0.05, 0.1) is 0 Å². The largest absolute Gasteiger partial charge is 0.351 e. The molecular weight excluding hydrogens is 316 g/mol. The van der Waals surface area contributed by atoms with Gasteiger partial charge in [0.1, 0.15) is 0 Å². The van der Waals surface area contributed by atoms with E-state index in [-0.39, 0.29) is 18.3 Å². The molecule has 1 fully saturated rings. The van der Waals surface area contributed by atoms with Crippen LogP contribution in [0.2, 0.25) is 0 Å². The second kappa shape index (κ2) is 7.77. The lowest BCUT2D eigenvalue weighted by Gasteiger charge is -2.14. The fourth-order valence-electron chi connectivity index (χ4n) is 2.04. The second-order valence-electron chi connectivity index (χ2n) is 4.31. The molecule has 0 aliphatic carbocycles. The highest BCUT2D eigenvalue weighted by Gasteiger charge is 2.11. The number of hydrogen-bond donors (Lipinski definition) is 1. The third-order valence-corrected chi connectivity index (χ3v) is 3.55. The normalized spacial score (nSPS) is 15.2. The summed E-state index contributed by atoms with van der Waals surface area (Å²) >= 11 is 3.35. The van der Waals surface area contributed by atoms with Crippen molar-refractivity contribution in [2.24, 2.45) is 0 Å². The zero-order chi connectivity index (χ0) is 12.1. The standard InChI is InChI=1S/C13H17BrN2O.ClH/c14-12-5-3-11(4-6-12)13(17)15-7-10-16-8-1-2-9-16;/h3-6H,1-2,7-10H2,(H,15,17);1H. The van der Waals surface area contributed by atoms with Crippen LogP contribution in [0.25, 0.3) is 0 Å². The molecule has 5 heteroatoms. The van der Waals surface area contributed by atoms with Gasteiger partial charge in [0.25, 0.3) is 5.91 Å².